The summed E-state index contributed by atoms with van der Waals surface area (Å²) in [6.45, 7) is 1.46. The number of anilines is 2. The molecule has 6 nitrogen and oxygen atoms in total. The van der Waals surface area contributed by atoms with E-state index in [-0.39, 0.29) is 5.69 Å². The van der Waals surface area contributed by atoms with Crippen LogP contribution in [-0.2, 0) is 14.8 Å². The van der Waals surface area contributed by atoms with Gasteiger partial charge in [-0.25, -0.2) is 8.42 Å². The van der Waals surface area contributed by atoms with Crippen molar-refractivity contribution in [3.05, 3.63) is 95.4 Å². The van der Waals surface area contributed by atoms with Gasteiger partial charge in [0.05, 0.1) is 18.2 Å². The number of carbonyl (C=O) groups is 1. The largest absolute Gasteiger partial charge is 0.495 e. The molecule has 0 atom stereocenters. The van der Waals surface area contributed by atoms with E-state index < -0.39 is 22.5 Å². The monoisotopic (exact) mass is 436 g/mol. The van der Waals surface area contributed by atoms with Crippen molar-refractivity contribution >= 4 is 33.4 Å². The highest BCUT2D eigenvalue weighted by atomic mass is 32.2. The molecule has 3 aromatic carbocycles. The number of methoxy groups -OCH3 is 1. The summed E-state index contributed by atoms with van der Waals surface area (Å²) < 4.78 is 32.8. The zero-order valence-electron chi connectivity index (χ0n) is 17.4. The summed E-state index contributed by atoms with van der Waals surface area (Å²) in [5.74, 6) is -0.111. The SMILES string of the molecule is COc1ccccc1N(CC(=O)Nc1ccccc1C)S(=O)(=O)C=Cc1ccccc1. The lowest BCUT2D eigenvalue weighted by Crippen LogP contribution is -2.37. The molecule has 0 unspecified atom stereocenters. The summed E-state index contributed by atoms with van der Waals surface area (Å²) in [6, 6.07) is 23.1. The lowest BCUT2D eigenvalue weighted by atomic mass is 10.2. The first-order valence-corrected chi connectivity index (χ1v) is 11.2. The summed E-state index contributed by atoms with van der Waals surface area (Å²) in [5.41, 5.74) is 2.52. The number of sulfonamides is 1. The van der Waals surface area contributed by atoms with Crippen LogP contribution in [0.4, 0.5) is 11.4 Å². The maximum absolute atomic E-state index is 13.2. The third-order valence-electron chi connectivity index (χ3n) is 4.60. The zero-order chi connectivity index (χ0) is 22.3. The summed E-state index contributed by atoms with van der Waals surface area (Å²) in [7, 11) is -2.54. The van der Waals surface area contributed by atoms with Crippen LogP contribution in [0.5, 0.6) is 5.75 Å². The van der Waals surface area contributed by atoms with Crippen molar-refractivity contribution in [1.82, 2.24) is 0 Å². The van der Waals surface area contributed by atoms with E-state index in [9.17, 15) is 13.2 Å². The third-order valence-corrected chi connectivity index (χ3v) is 6.02. The second kappa shape index (κ2) is 9.95. The topological polar surface area (TPSA) is 75.7 Å². The zero-order valence-corrected chi connectivity index (χ0v) is 18.2. The van der Waals surface area contributed by atoms with Crippen LogP contribution in [0.25, 0.3) is 6.08 Å². The van der Waals surface area contributed by atoms with Crippen LogP contribution >= 0.6 is 0 Å². The van der Waals surface area contributed by atoms with Crippen molar-refractivity contribution in [2.75, 3.05) is 23.3 Å². The number of benzene rings is 3. The van der Waals surface area contributed by atoms with Crippen molar-refractivity contribution in [3.63, 3.8) is 0 Å². The fourth-order valence-electron chi connectivity index (χ4n) is 2.98. The van der Waals surface area contributed by atoms with Crippen LogP contribution in [0.1, 0.15) is 11.1 Å². The molecule has 1 amide bonds. The third kappa shape index (κ3) is 5.73. The van der Waals surface area contributed by atoms with Crippen molar-refractivity contribution in [2.45, 2.75) is 6.92 Å². The molecule has 1 N–H and O–H groups in total. The smallest absolute Gasteiger partial charge is 0.258 e. The van der Waals surface area contributed by atoms with E-state index in [2.05, 4.69) is 5.32 Å². The van der Waals surface area contributed by atoms with Gasteiger partial charge in [0.2, 0.25) is 5.91 Å². The number of ether oxygens (including phenoxy) is 1. The summed E-state index contributed by atoms with van der Waals surface area (Å²) >= 11 is 0. The molecular formula is C24H24N2O4S. The Morgan fingerprint density at radius 2 is 1.61 bits per heavy atom. The number of para-hydroxylation sites is 3. The second-order valence-corrected chi connectivity index (χ2v) is 8.54. The number of amides is 1. The molecule has 0 aliphatic heterocycles. The number of hydrogen-bond acceptors (Lipinski definition) is 4. The molecule has 160 valence electrons. The van der Waals surface area contributed by atoms with Crippen LogP contribution < -0.4 is 14.4 Å². The average Bonchev–Trinajstić information content (AvgIpc) is 2.78. The second-order valence-electron chi connectivity index (χ2n) is 6.80. The Labute approximate surface area is 182 Å². The Kier molecular flexibility index (Phi) is 7.10. The average molecular weight is 437 g/mol. The van der Waals surface area contributed by atoms with Gasteiger partial charge in [0.1, 0.15) is 12.3 Å². The van der Waals surface area contributed by atoms with E-state index in [1.807, 2.05) is 37.3 Å². The Bertz CT molecular complexity index is 1170. The van der Waals surface area contributed by atoms with Gasteiger partial charge in [-0.1, -0.05) is 60.7 Å². The highest BCUT2D eigenvalue weighted by Crippen LogP contribution is 2.30. The quantitative estimate of drug-likeness (QED) is 0.566. The summed E-state index contributed by atoms with van der Waals surface area (Å²) in [5, 5.41) is 3.88. The highest BCUT2D eigenvalue weighted by molar-refractivity contribution is 7.95. The van der Waals surface area contributed by atoms with Crippen molar-refractivity contribution < 1.29 is 17.9 Å². The van der Waals surface area contributed by atoms with Crippen molar-refractivity contribution in [3.8, 4) is 5.75 Å². The van der Waals surface area contributed by atoms with E-state index in [1.54, 1.807) is 48.5 Å². The molecule has 0 aromatic heterocycles. The number of nitrogens with zero attached hydrogens (tertiary/aromatic N) is 1. The standard InChI is InChI=1S/C24H24N2O4S/c1-19-10-6-7-13-21(19)25-24(27)18-26(22-14-8-9-15-23(22)30-2)31(28,29)17-16-20-11-4-3-5-12-20/h3-17H,18H2,1-2H3,(H,25,27). The van der Waals surface area contributed by atoms with Gasteiger partial charge in [-0.3, -0.25) is 9.10 Å². The van der Waals surface area contributed by atoms with Gasteiger partial charge in [0.15, 0.2) is 0 Å². The van der Waals surface area contributed by atoms with Gasteiger partial charge in [0, 0.05) is 5.69 Å². The van der Waals surface area contributed by atoms with E-state index >= 15 is 0 Å². The fourth-order valence-corrected chi connectivity index (χ4v) is 4.18. The predicted octanol–water partition coefficient (Wildman–Crippen LogP) is 4.45. The van der Waals surface area contributed by atoms with Crippen LogP contribution in [0.2, 0.25) is 0 Å². The lowest BCUT2D eigenvalue weighted by Gasteiger charge is -2.24. The molecule has 0 saturated carbocycles. The number of aryl methyl sites for hydroxylation is 1. The maximum atomic E-state index is 13.2. The molecule has 31 heavy (non-hydrogen) atoms. The Balaban J connectivity index is 1.94. The van der Waals surface area contributed by atoms with Gasteiger partial charge < -0.3 is 10.1 Å². The number of carbonyl (C=O) groups excluding carboxylic acids is 1. The first-order chi connectivity index (χ1) is 14.9. The first kappa shape index (κ1) is 22.1. The number of hydrogen-bond donors (Lipinski definition) is 1. The van der Waals surface area contributed by atoms with Gasteiger partial charge in [-0.05, 0) is 42.3 Å². The predicted molar refractivity (Wildman–Crippen MR) is 125 cm³/mol. The molecule has 3 aromatic rings. The van der Waals surface area contributed by atoms with E-state index in [4.69, 9.17) is 4.74 Å². The molecule has 0 aliphatic carbocycles. The molecule has 0 radical (unpaired) electrons. The van der Waals surface area contributed by atoms with E-state index in [0.29, 0.717) is 11.4 Å². The van der Waals surface area contributed by atoms with Gasteiger partial charge >= 0.3 is 0 Å². The highest BCUT2D eigenvalue weighted by Gasteiger charge is 2.25. The van der Waals surface area contributed by atoms with Crippen LogP contribution in [0.3, 0.4) is 0 Å². The van der Waals surface area contributed by atoms with Crippen molar-refractivity contribution in [2.24, 2.45) is 0 Å². The lowest BCUT2D eigenvalue weighted by molar-refractivity contribution is -0.114. The molecule has 0 fully saturated rings. The molecular weight excluding hydrogens is 412 g/mol. The minimum absolute atomic E-state index is 0.280. The fraction of sp³-hybridized carbons (Fsp3) is 0.125. The Morgan fingerprint density at radius 3 is 2.32 bits per heavy atom. The van der Waals surface area contributed by atoms with Crippen LogP contribution in [0, 0.1) is 6.92 Å². The minimum Gasteiger partial charge on any atom is -0.495 e. The van der Waals surface area contributed by atoms with E-state index in [1.165, 1.54) is 13.2 Å². The van der Waals surface area contributed by atoms with E-state index in [0.717, 1.165) is 20.8 Å². The maximum Gasteiger partial charge on any atom is 0.258 e. The Hall–Kier alpha value is -3.58. The molecule has 0 heterocycles. The number of rotatable bonds is 8. The normalized spacial score (nSPS) is 11.3. The van der Waals surface area contributed by atoms with Gasteiger partial charge in [-0.15, -0.1) is 0 Å². The van der Waals surface area contributed by atoms with Crippen LogP contribution in [-0.4, -0.2) is 28.0 Å². The molecule has 0 aliphatic rings. The van der Waals surface area contributed by atoms with Crippen LogP contribution in [0.15, 0.2) is 84.3 Å². The Morgan fingerprint density at radius 1 is 0.968 bits per heavy atom. The summed E-state index contributed by atoms with van der Waals surface area (Å²) in [6.07, 6.45) is 1.50. The van der Waals surface area contributed by atoms with Crippen molar-refractivity contribution in [1.29, 1.82) is 0 Å². The molecule has 0 spiro atoms. The number of nitrogens with one attached hydrogen (secondary N) is 1. The molecule has 3 rings (SSSR count). The summed E-state index contributed by atoms with van der Waals surface area (Å²) in [4.78, 5) is 12.8. The first-order valence-electron chi connectivity index (χ1n) is 9.65. The van der Waals surface area contributed by atoms with Gasteiger partial charge in [-0.2, -0.15) is 0 Å². The molecule has 7 heteroatoms. The molecule has 0 saturated heterocycles. The minimum atomic E-state index is -3.99. The molecule has 0 bridgehead atoms. The van der Waals surface area contributed by atoms with Gasteiger partial charge in [0.25, 0.3) is 10.0 Å².